The molecule has 0 fully saturated rings. The molecular weight excluding hydrogens is 374 g/mol. The van der Waals surface area contributed by atoms with Crippen LogP contribution in [0.2, 0.25) is 0 Å². The number of anilines is 1. The fraction of sp³-hybridized carbons (Fsp3) is 0.174. The van der Waals surface area contributed by atoms with Crippen LogP contribution in [0.4, 0.5) is 5.82 Å². The zero-order chi connectivity index (χ0) is 20.7. The van der Waals surface area contributed by atoms with Crippen LogP contribution in [0, 0.1) is 13.8 Å². The third kappa shape index (κ3) is 3.14. The Labute approximate surface area is 173 Å². The van der Waals surface area contributed by atoms with Crippen molar-refractivity contribution >= 4 is 28.0 Å². The molecule has 0 aliphatic carbocycles. The van der Waals surface area contributed by atoms with E-state index in [1.807, 2.05) is 37.3 Å². The molecule has 148 valence electrons. The van der Waals surface area contributed by atoms with Crippen LogP contribution in [0.25, 0.3) is 33.5 Å². The van der Waals surface area contributed by atoms with Crippen molar-refractivity contribution in [3.63, 3.8) is 0 Å². The van der Waals surface area contributed by atoms with E-state index in [9.17, 15) is 0 Å². The second-order valence-electron chi connectivity index (χ2n) is 7.35. The van der Waals surface area contributed by atoms with Gasteiger partial charge < -0.3 is 10.3 Å². The Balaban J connectivity index is 1.66. The normalized spacial score (nSPS) is 12.4. The summed E-state index contributed by atoms with van der Waals surface area (Å²) < 4.78 is 0. The molecule has 1 unspecified atom stereocenters. The van der Waals surface area contributed by atoms with Crippen molar-refractivity contribution in [1.82, 2.24) is 29.9 Å². The Morgan fingerprint density at radius 2 is 1.73 bits per heavy atom. The number of imidazole rings is 1. The van der Waals surface area contributed by atoms with Crippen molar-refractivity contribution in [2.45, 2.75) is 26.8 Å². The molecule has 1 atom stereocenters. The molecule has 0 saturated carbocycles. The molecule has 7 heteroatoms. The number of aromatic amines is 1. The summed E-state index contributed by atoms with van der Waals surface area (Å²) in [5.41, 5.74) is 7.08. The van der Waals surface area contributed by atoms with E-state index in [-0.39, 0.29) is 6.04 Å². The van der Waals surface area contributed by atoms with E-state index in [4.69, 9.17) is 9.97 Å². The first-order valence-corrected chi connectivity index (χ1v) is 9.87. The van der Waals surface area contributed by atoms with Crippen LogP contribution in [0.1, 0.15) is 30.0 Å². The Kier molecular flexibility index (Phi) is 4.35. The summed E-state index contributed by atoms with van der Waals surface area (Å²) in [6, 6.07) is 16.1. The Morgan fingerprint density at radius 3 is 2.57 bits per heavy atom. The number of H-pyrrole nitrogens is 1. The maximum absolute atomic E-state index is 5.02. The molecule has 3 heterocycles. The topological polar surface area (TPSA) is 92.3 Å². The van der Waals surface area contributed by atoms with Gasteiger partial charge in [-0.1, -0.05) is 42.5 Å². The van der Waals surface area contributed by atoms with Crippen LogP contribution in [0.3, 0.4) is 0 Å². The van der Waals surface area contributed by atoms with E-state index < -0.39 is 0 Å². The summed E-state index contributed by atoms with van der Waals surface area (Å²) in [5.74, 6) is 1.36. The van der Waals surface area contributed by atoms with E-state index in [2.05, 4.69) is 57.3 Å². The third-order valence-electron chi connectivity index (χ3n) is 5.13. The fourth-order valence-electron chi connectivity index (χ4n) is 3.66. The predicted molar refractivity (Wildman–Crippen MR) is 118 cm³/mol. The molecule has 0 bridgehead atoms. The summed E-state index contributed by atoms with van der Waals surface area (Å²) in [7, 11) is 0. The van der Waals surface area contributed by atoms with Crippen molar-refractivity contribution < 1.29 is 0 Å². The quantitative estimate of drug-likeness (QED) is 0.456. The van der Waals surface area contributed by atoms with Gasteiger partial charge in [-0.2, -0.15) is 0 Å². The molecule has 0 aliphatic rings. The summed E-state index contributed by atoms with van der Waals surface area (Å²) >= 11 is 0. The zero-order valence-corrected chi connectivity index (χ0v) is 17.0. The van der Waals surface area contributed by atoms with Gasteiger partial charge in [0.15, 0.2) is 11.5 Å². The highest BCUT2D eigenvalue weighted by Gasteiger charge is 2.19. The smallest absolute Gasteiger partial charge is 0.183 e. The lowest BCUT2D eigenvalue weighted by atomic mass is 10.0. The number of hydrogen-bond donors (Lipinski definition) is 2. The van der Waals surface area contributed by atoms with Crippen molar-refractivity contribution in [3.05, 3.63) is 71.9 Å². The zero-order valence-electron chi connectivity index (χ0n) is 17.0. The molecule has 0 spiro atoms. The maximum atomic E-state index is 5.02. The number of aryl methyl sites for hydroxylation is 2. The third-order valence-corrected chi connectivity index (χ3v) is 5.13. The Hall–Kier alpha value is -3.87. The molecular formula is C23H21N7. The molecule has 0 aliphatic heterocycles. The van der Waals surface area contributed by atoms with Gasteiger partial charge in [0.2, 0.25) is 0 Å². The first-order chi connectivity index (χ1) is 14.6. The first kappa shape index (κ1) is 18.2. The number of para-hydroxylation sites is 1. The number of rotatable bonds is 4. The average Bonchev–Trinajstić information content (AvgIpc) is 3.22. The second-order valence-corrected chi connectivity index (χ2v) is 7.35. The van der Waals surface area contributed by atoms with E-state index in [0.717, 1.165) is 39.1 Å². The van der Waals surface area contributed by atoms with Gasteiger partial charge in [-0.05, 0) is 32.4 Å². The lowest BCUT2D eigenvalue weighted by molar-refractivity contribution is 0.832. The number of hydrogen-bond acceptors (Lipinski definition) is 6. The van der Waals surface area contributed by atoms with Crippen LogP contribution < -0.4 is 5.32 Å². The number of aromatic nitrogens is 6. The minimum absolute atomic E-state index is 0.140. The predicted octanol–water partition coefficient (Wildman–Crippen LogP) is 4.75. The van der Waals surface area contributed by atoms with E-state index >= 15 is 0 Å². The molecule has 3 aromatic heterocycles. The van der Waals surface area contributed by atoms with Gasteiger partial charge >= 0.3 is 0 Å². The van der Waals surface area contributed by atoms with Crippen molar-refractivity contribution in [2.24, 2.45) is 0 Å². The van der Waals surface area contributed by atoms with Gasteiger partial charge in [-0.15, -0.1) is 0 Å². The molecule has 0 saturated heterocycles. The van der Waals surface area contributed by atoms with Crippen molar-refractivity contribution in [2.75, 3.05) is 5.32 Å². The lowest BCUT2D eigenvalue weighted by Gasteiger charge is -2.19. The number of fused-ring (bicyclic) bond motifs is 2. The summed E-state index contributed by atoms with van der Waals surface area (Å²) in [4.78, 5) is 26.4. The van der Waals surface area contributed by atoms with Gasteiger partial charge in [0, 0.05) is 5.56 Å². The van der Waals surface area contributed by atoms with Crippen LogP contribution >= 0.6 is 0 Å². The second kappa shape index (κ2) is 7.18. The Morgan fingerprint density at radius 1 is 0.900 bits per heavy atom. The average molecular weight is 395 g/mol. The van der Waals surface area contributed by atoms with E-state index in [1.54, 1.807) is 6.33 Å². The fourth-order valence-corrected chi connectivity index (χ4v) is 3.66. The van der Waals surface area contributed by atoms with E-state index in [0.29, 0.717) is 17.3 Å². The highest BCUT2D eigenvalue weighted by atomic mass is 15.1. The summed E-state index contributed by atoms with van der Waals surface area (Å²) in [5, 5.41) is 3.49. The van der Waals surface area contributed by atoms with Gasteiger partial charge in [0.1, 0.15) is 11.3 Å². The van der Waals surface area contributed by atoms with Crippen molar-refractivity contribution in [3.8, 4) is 11.3 Å². The first-order valence-electron chi connectivity index (χ1n) is 9.87. The highest BCUT2D eigenvalue weighted by molar-refractivity contribution is 5.84. The number of benzene rings is 2. The van der Waals surface area contributed by atoms with Crippen LogP contribution in [0.15, 0.2) is 54.9 Å². The lowest BCUT2D eigenvalue weighted by Crippen LogP contribution is -2.13. The van der Waals surface area contributed by atoms with Crippen molar-refractivity contribution in [1.29, 1.82) is 0 Å². The Bertz CT molecular complexity index is 1360. The minimum Gasteiger partial charge on any atom is -0.360 e. The molecule has 30 heavy (non-hydrogen) atoms. The highest BCUT2D eigenvalue weighted by Crippen LogP contribution is 2.30. The van der Waals surface area contributed by atoms with E-state index in [1.165, 1.54) is 0 Å². The minimum atomic E-state index is -0.140. The number of nitrogens with one attached hydrogen (secondary N) is 2. The molecule has 2 aromatic carbocycles. The van der Waals surface area contributed by atoms with Crippen LogP contribution in [-0.2, 0) is 0 Å². The number of nitrogens with zero attached hydrogens (tertiary/aromatic N) is 5. The van der Waals surface area contributed by atoms with Crippen LogP contribution in [0.5, 0.6) is 0 Å². The SMILES string of the molecule is Cc1nc(NC(C)c2nc3cccc(C)c3nc2-c2ccccc2)c2[nH]cnc2n1. The van der Waals surface area contributed by atoms with Gasteiger partial charge in [-0.25, -0.2) is 24.9 Å². The van der Waals surface area contributed by atoms with Gasteiger partial charge in [0.05, 0.1) is 34.8 Å². The van der Waals surface area contributed by atoms with Gasteiger partial charge in [-0.3, -0.25) is 0 Å². The summed E-state index contributed by atoms with van der Waals surface area (Å²) in [6.07, 6.45) is 1.63. The molecule has 0 amide bonds. The summed E-state index contributed by atoms with van der Waals surface area (Å²) in [6.45, 7) is 5.99. The maximum Gasteiger partial charge on any atom is 0.183 e. The van der Waals surface area contributed by atoms with Crippen LogP contribution in [-0.4, -0.2) is 29.9 Å². The molecule has 0 radical (unpaired) electrons. The standard InChI is InChI=1S/C23H21N7/c1-13-8-7-11-17-18(13)30-20(16-9-5-4-6-10-16)19(29-17)14(2)26-23-21-22(25-12-24-21)27-15(3)28-23/h4-12,14H,1-3H3,(H2,24,25,26,27,28). The van der Waals surface area contributed by atoms with Gasteiger partial charge in [0.25, 0.3) is 0 Å². The monoisotopic (exact) mass is 395 g/mol. The molecule has 2 N–H and O–H groups in total. The molecule has 5 rings (SSSR count). The molecule has 7 nitrogen and oxygen atoms in total. The largest absolute Gasteiger partial charge is 0.360 e. The molecule has 5 aromatic rings.